The van der Waals surface area contributed by atoms with Crippen LogP contribution >= 0.6 is 12.2 Å². The zero-order valence-corrected chi connectivity index (χ0v) is 13.0. The fraction of sp³-hybridized carbons (Fsp3) is 0.667. The highest BCUT2D eigenvalue weighted by Crippen LogP contribution is 2.32. The molecule has 0 amide bonds. The van der Waals surface area contributed by atoms with E-state index in [1.807, 2.05) is 0 Å². The van der Waals surface area contributed by atoms with Gasteiger partial charge in [-0.3, -0.25) is 0 Å². The zero-order chi connectivity index (χ0) is 13.8. The highest BCUT2D eigenvalue weighted by Gasteiger charge is 2.27. The van der Waals surface area contributed by atoms with Crippen molar-refractivity contribution in [2.75, 3.05) is 13.1 Å². The molecule has 1 aliphatic heterocycles. The lowest BCUT2D eigenvalue weighted by Crippen LogP contribution is -2.42. The van der Waals surface area contributed by atoms with Gasteiger partial charge in [0.15, 0.2) is 5.11 Å². The van der Waals surface area contributed by atoms with Crippen molar-refractivity contribution in [1.29, 1.82) is 0 Å². The maximum atomic E-state index is 5.57. The summed E-state index contributed by atoms with van der Waals surface area (Å²) in [5, 5.41) is 4.22. The highest BCUT2D eigenvalue weighted by molar-refractivity contribution is 7.80. The maximum Gasteiger partial charge on any atom is 0.169 e. The molecule has 106 valence electrons. The summed E-state index contributed by atoms with van der Waals surface area (Å²) in [5.41, 5.74) is 1.37. The minimum atomic E-state index is 0.413. The van der Waals surface area contributed by atoms with Gasteiger partial charge in [0.05, 0.1) is 6.04 Å². The Bertz CT molecular complexity index is 427. The second kappa shape index (κ2) is 6.42. The molecular formula is C15H25N3S. The Kier molecular flexibility index (Phi) is 4.86. The Morgan fingerprint density at radius 2 is 2.21 bits per heavy atom. The van der Waals surface area contributed by atoms with Gasteiger partial charge in [0.2, 0.25) is 0 Å². The van der Waals surface area contributed by atoms with E-state index in [0.29, 0.717) is 6.04 Å². The number of thiocarbonyl (C=S) groups is 1. The predicted octanol–water partition coefficient (Wildman–Crippen LogP) is 3.08. The summed E-state index contributed by atoms with van der Waals surface area (Å²) in [7, 11) is 2.12. The molecule has 1 saturated heterocycles. The van der Waals surface area contributed by atoms with Crippen LogP contribution in [0, 0.1) is 5.92 Å². The Morgan fingerprint density at radius 1 is 1.42 bits per heavy atom. The molecule has 1 aliphatic rings. The van der Waals surface area contributed by atoms with E-state index in [-0.39, 0.29) is 0 Å². The van der Waals surface area contributed by atoms with Crippen molar-refractivity contribution in [3.63, 3.8) is 0 Å². The lowest BCUT2D eigenvalue weighted by atomic mass is 10.0. The highest BCUT2D eigenvalue weighted by atomic mass is 32.1. The second-order valence-corrected chi connectivity index (χ2v) is 5.95. The van der Waals surface area contributed by atoms with Crippen LogP contribution in [-0.2, 0) is 7.05 Å². The summed E-state index contributed by atoms with van der Waals surface area (Å²) in [6, 6.07) is 4.76. The Morgan fingerprint density at radius 3 is 2.84 bits per heavy atom. The number of hydrogen-bond donors (Lipinski definition) is 1. The molecule has 0 radical (unpaired) electrons. The molecule has 0 aliphatic carbocycles. The molecule has 1 fully saturated rings. The fourth-order valence-electron chi connectivity index (χ4n) is 2.88. The van der Waals surface area contributed by atoms with Gasteiger partial charge in [0.25, 0.3) is 0 Å². The molecule has 2 heterocycles. The lowest BCUT2D eigenvalue weighted by Gasteiger charge is -2.32. The summed E-state index contributed by atoms with van der Waals surface area (Å²) in [5.74, 6) is 0.789. The number of aryl methyl sites for hydroxylation is 1. The summed E-state index contributed by atoms with van der Waals surface area (Å²) in [6.07, 6.45) is 5.82. The minimum absolute atomic E-state index is 0.413. The third-order valence-corrected chi connectivity index (χ3v) is 4.46. The summed E-state index contributed by atoms with van der Waals surface area (Å²) in [4.78, 5) is 2.39. The number of rotatable bonds is 2. The van der Waals surface area contributed by atoms with Gasteiger partial charge in [-0.15, -0.1) is 0 Å². The van der Waals surface area contributed by atoms with Crippen molar-refractivity contribution in [2.45, 2.75) is 39.2 Å². The first-order chi connectivity index (χ1) is 9.13. The molecular weight excluding hydrogens is 254 g/mol. The molecule has 3 nitrogen and oxygen atoms in total. The van der Waals surface area contributed by atoms with E-state index in [2.05, 4.69) is 54.0 Å². The molecule has 0 bridgehead atoms. The van der Waals surface area contributed by atoms with Gasteiger partial charge in [0, 0.05) is 32.0 Å². The molecule has 0 unspecified atom stereocenters. The van der Waals surface area contributed by atoms with Crippen molar-refractivity contribution in [1.82, 2.24) is 14.8 Å². The molecule has 1 aromatic heterocycles. The molecule has 0 saturated carbocycles. The van der Waals surface area contributed by atoms with Crippen LogP contribution in [0.15, 0.2) is 18.3 Å². The average molecular weight is 279 g/mol. The van der Waals surface area contributed by atoms with Crippen LogP contribution in [0.1, 0.15) is 44.8 Å². The summed E-state index contributed by atoms with van der Waals surface area (Å²) in [6.45, 7) is 6.40. The predicted molar refractivity (Wildman–Crippen MR) is 84.1 cm³/mol. The van der Waals surface area contributed by atoms with Crippen LogP contribution in [-0.4, -0.2) is 27.7 Å². The van der Waals surface area contributed by atoms with E-state index in [0.717, 1.165) is 24.1 Å². The minimum Gasteiger partial charge on any atom is -0.363 e. The topological polar surface area (TPSA) is 20.2 Å². The van der Waals surface area contributed by atoms with Gasteiger partial charge in [-0.05, 0) is 56.5 Å². The van der Waals surface area contributed by atoms with Gasteiger partial charge < -0.3 is 14.8 Å². The molecule has 2 atom stereocenters. The number of nitrogens with one attached hydrogen (secondary N) is 1. The van der Waals surface area contributed by atoms with Crippen molar-refractivity contribution >= 4 is 17.3 Å². The smallest absolute Gasteiger partial charge is 0.169 e. The quantitative estimate of drug-likeness (QED) is 0.840. The van der Waals surface area contributed by atoms with Crippen LogP contribution in [0.4, 0.5) is 0 Å². The van der Waals surface area contributed by atoms with E-state index in [1.165, 1.54) is 25.0 Å². The van der Waals surface area contributed by atoms with Gasteiger partial charge in [0.1, 0.15) is 0 Å². The number of aromatic nitrogens is 1. The van der Waals surface area contributed by atoms with E-state index in [4.69, 9.17) is 12.2 Å². The largest absolute Gasteiger partial charge is 0.363 e. The summed E-state index contributed by atoms with van der Waals surface area (Å²) < 4.78 is 2.22. The van der Waals surface area contributed by atoms with E-state index in [9.17, 15) is 0 Å². The van der Waals surface area contributed by atoms with Crippen LogP contribution in [0.25, 0.3) is 0 Å². The van der Waals surface area contributed by atoms with Crippen LogP contribution in [0.5, 0.6) is 0 Å². The van der Waals surface area contributed by atoms with Crippen LogP contribution < -0.4 is 5.32 Å². The fourth-order valence-corrected chi connectivity index (χ4v) is 3.24. The molecule has 1 N–H and O–H groups in total. The van der Waals surface area contributed by atoms with Crippen LogP contribution in [0.2, 0.25) is 0 Å². The molecule has 2 rings (SSSR count). The van der Waals surface area contributed by atoms with Gasteiger partial charge in [-0.1, -0.05) is 6.92 Å². The van der Waals surface area contributed by atoms with Gasteiger partial charge in [-0.25, -0.2) is 0 Å². The third-order valence-electron chi connectivity index (χ3n) is 4.09. The van der Waals surface area contributed by atoms with E-state index in [1.54, 1.807) is 0 Å². The molecule has 4 heteroatoms. The van der Waals surface area contributed by atoms with Crippen molar-refractivity contribution in [2.24, 2.45) is 13.0 Å². The number of nitrogens with zero attached hydrogens (tertiary/aromatic N) is 2. The normalized spacial score (nSPS) is 24.1. The van der Waals surface area contributed by atoms with Crippen molar-refractivity contribution in [3.05, 3.63) is 24.0 Å². The van der Waals surface area contributed by atoms with E-state index < -0.39 is 0 Å². The summed E-state index contributed by atoms with van der Waals surface area (Å²) >= 11 is 5.57. The molecule has 1 aromatic rings. The van der Waals surface area contributed by atoms with E-state index >= 15 is 0 Å². The van der Waals surface area contributed by atoms with Crippen molar-refractivity contribution < 1.29 is 0 Å². The molecule has 0 aromatic carbocycles. The monoisotopic (exact) mass is 279 g/mol. The molecule has 19 heavy (non-hydrogen) atoms. The SMILES string of the molecule is CCNC(=S)N1CC[C@@H](C)CC[C@H]1c1cccn1C. The zero-order valence-electron chi connectivity index (χ0n) is 12.2. The maximum absolute atomic E-state index is 5.57. The standard InChI is InChI=1S/C15H25N3S/c1-4-16-15(19)18-11-9-12(2)7-8-14(18)13-6-5-10-17(13)3/h5-6,10,12,14H,4,7-9,11H2,1-3H3,(H,16,19)/t12-,14-/m0/s1. The third kappa shape index (κ3) is 3.30. The molecule has 0 spiro atoms. The van der Waals surface area contributed by atoms with Crippen molar-refractivity contribution in [3.8, 4) is 0 Å². The first kappa shape index (κ1) is 14.4. The Labute approximate surface area is 122 Å². The Hall–Kier alpha value is -1.03. The second-order valence-electron chi connectivity index (χ2n) is 5.56. The number of likely N-dealkylation sites (tertiary alicyclic amines) is 1. The van der Waals surface area contributed by atoms with Gasteiger partial charge >= 0.3 is 0 Å². The number of hydrogen-bond acceptors (Lipinski definition) is 1. The van der Waals surface area contributed by atoms with Crippen LogP contribution in [0.3, 0.4) is 0 Å². The lowest BCUT2D eigenvalue weighted by molar-refractivity contribution is 0.306. The first-order valence-corrected chi connectivity index (χ1v) is 7.70. The van der Waals surface area contributed by atoms with Gasteiger partial charge in [-0.2, -0.15) is 0 Å². The average Bonchev–Trinajstić information content (AvgIpc) is 2.69. The Balaban J connectivity index is 2.24. The first-order valence-electron chi connectivity index (χ1n) is 7.29.